The first-order chi connectivity index (χ1) is 14.5. The van der Waals surface area contributed by atoms with Crippen molar-refractivity contribution in [2.24, 2.45) is 5.92 Å². The SMILES string of the molecule is CCOC(=O)[C@H]1CCCN(C(=O)CN2C(=O)N[C@]3(CCOc4ccccc43)C2=O)C1. The van der Waals surface area contributed by atoms with Gasteiger partial charge in [0.15, 0.2) is 5.54 Å². The molecular weight excluding hydrogens is 390 g/mol. The van der Waals surface area contributed by atoms with E-state index in [0.717, 1.165) is 4.90 Å². The largest absolute Gasteiger partial charge is 0.493 e. The van der Waals surface area contributed by atoms with Gasteiger partial charge in [-0.2, -0.15) is 0 Å². The molecule has 0 bridgehead atoms. The number of nitrogens with one attached hydrogen (secondary N) is 1. The summed E-state index contributed by atoms with van der Waals surface area (Å²) in [5.41, 5.74) is -0.605. The molecule has 2 atom stereocenters. The van der Waals surface area contributed by atoms with Gasteiger partial charge in [0, 0.05) is 25.1 Å². The fourth-order valence-electron chi connectivity index (χ4n) is 4.41. The maximum Gasteiger partial charge on any atom is 0.325 e. The molecule has 1 spiro atoms. The van der Waals surface area contributed by atoms with Gasteiger partial charge in [-0.1, -0.05) is 18.2 Å². The number of ether oxygens (including phenoxy) is 2. The summed E-state index contributed by atoms with van der Waals surface area (Å²) in [5, 5.41) is 2.79. The van der Waals surface area contributed by atoms with E-state index in [-0.39, 0.29) is 37.5 Å². The molecule has 2 fully saturated rings. The number of para-hydroxylation sites is 1. The molecule has 0 unspecified atom stereocenters. The summed E-state index contributed by atoms with van der Waals surface area (Å²) in [7, 11) is 0. The quantitative estimate of drug-likeness (QED) is 0.581. The number of hydrogen-bond donors (Lipinski definition) is 1. The van der Waals surface area contributed by atoms with Crippen molar-refractivity contribution in [2.75, 3.05) is 32.8 Å². The lowest BCUT2D eigenvalue weighted by molar-refractivity contribution is -0.152. The molecule has 9 heteroatoms. The van der Waals surface area contributed by atoms with Crippen molar-refractivity contribution < 1.29 is 28.7 Å². The monoisotopic (exact) mass is 415 g/mol. The Hall–Kier alpha value is -3.10. The molecule has 3 heterocycles. The van der Waals surface area contributed by atoms with Crippen molar-refractivity contribution in [3.63, 3.8) is 0 Å². The molecule has 4 amide bonds. The standard InChI is InChI=1S/C21H25N3O6/c1-2-29-18(26)14-6-5-10-23(12-14)17(25)13-24-19(27)21(22-20(24)28)9-11-30-16-8-4-3-7-15(16)21/h3-4,7-8,14H,2,5-6,9-13H2,1H3,(H,22,28)/t14-,21-/m0/s1. The van der Waals surface area contributed by atoms with Crippen molar-refractivity contribution in [3.05, 3.63) is 29.8 Å². The van der Waals surface area contributed by atoms with Gasteiger partial charge in [-0.05, 0) is 25.8 Å². The van der Waals surface area contributed by atoms with E-state index >= 15 is 0 Å². The average Bonchev–Trinajstić information content (AvgIpc) is 2.99. The Bertz CT molecular complexity index is 887. The van der Waals surface area contributed by atoms with Crippen molar-refractivity contribution in [1.82, 2.24) is 15.1 Å². The summed E-state index contributed by atoms with van der Waals surface area (Å²) in [6, 6.07) is 6.51. The van der Waals surface area contributed by atoms with Crippen LogP contribution in [0.1, 0.15) is 31.7 Å². The molecule has 0 aromatic heterocycles. The number of carbonyl (C=O) groups is 4. The Labute approximate surface area is 174 Å². The molecule has 0 aliphatic carbocycles. The Kier molecular flexibility index (Phi) is 5.36. The van der Waals surface area contributed by atoms with Gasteiger partial charge >= 0.3 is 12.0 Å². The van der Waals surface area contributed by atoms with E-state index in [1.54, 1.807) is 31.2 Å². The topological polar surface area (TPSA) is 105 Å². The highest BCUT2D eigenvalue weighted by Gasteiger charge is 2.55. The highest BCUT2D eigenvalue weighted by molar-refractivity contribution is 6.09. The van der Waals surface area contributed by atoms with E-state index in [2.05, 4.69) is 5.32 Å². The van der Waals surface area contributed by atoms with Crippen LogP contribution in [0.2, 0.25) is 0 Å². The van der Waals surface area contributed by atoms with E-state index in [1.165, 1.54) is 4.90 Å². The fourth-order valence-corrected chi connectivity index (χ4v) is 4.41. The number of esters is 1. The second kappa shape index (κ2) is 7.97. The lowest BCUT2D eigenvalue weighted by Gasteiger charge is -2.34. The normalized spacial score (nSPS) is 25.6. The second-order valence-electron chi connectivity index (χ2n) is 7.75. The van der Waals surface area contributed by atoms with E-state index in [9.17, 15) is 19.2 Å². The summed E-state index contributed by atoms with van der Waals surface area (Å²) in [4.78, 5) is 53.3. The van der Waals surface area contributed by atoms with E-state index < -0.39 is 17.5 Å². The third-order valence-corrected chi connectivity index (χ3v) is 5.94. The Morgan fingerprint density at radius 2 is 2.10 bits per heavy atom. The van der Waals surface area contributed by atoms with Gasteiger partial charge < -0.3 is 19.7 Å². The lowest BCUT2D eigenvalue weighted by atomic mass is 9.84. The van der Waals surface area contributed by atoms with Gasteiger partial charge in [0.25, 0.3) is 5.91 Å². The van der Waals surface area contributed by atoms with Crippen LogP contribution in [0.5, 0.6) is 5.75 Å². The zero-order chi connectivity index (χ0) is 21.3. The van der Waals surface area contributed by atoms with Crippen LogP contribution in [0, 0.1) is 5.92 Å². The van der Waals surface area contributed by atoms with Crippen LogP contribution in [0.15, 0.2) is 24.3 Å². The number of benzene rings is 1. The van der Waals surface area contributed by atoms with Gasteiger partial charge in [-0.3, -0.25) is 19.3 Å². The number of hydrogen-bond acceptors (Lipinski definition) is 6. The fraction of sp³-hybridized carbons (Fsp3) is 0.524. The van der Waals surface area contributed by atoms with Crippen LogP contribution < -0.4 is 10.1 Å². The molecule has 3 aliphatic heterocycles. The molecule has 30 heavy (non-hydrogen) atoms. The van der Waals surface area contributed by atoms with Gasteiger partial charge in [0.1, 0.15) is 12.3 Å². The van der Waals surface area contributed by atoms with E-state index in [1.807, 2.05) is 0 Å². The van der Waals surface area contributed by atoms with E-state index in [4.69, 9.17) is 9.47 Å². The molecule has 3 aliphatic rings. The molecule has 0 saturated carbocycles. The number of amides is 4. The van der Waals surface area contributed by atoms with Crippen LogP contribution >= 0.6 is 0 Å². The third-order valence-electron chi connectivity index (χ3n) is 5.94. The van der Waals surface area contributed by atoms with Gasteiger partial charge in [-0.25, -0.2) is 4.79 Å². The minimum atomic E-state index is -1.21. The lowest BCUT2D eigenvalue weighted by Crippen LogP contribution is -2.49. The number of rotatable bonds is 4. The number of nitrogens with zero attached hydrogens (tertiary/aromatic N) is 2. The molecule has 1 aromatic carbocycles. The first-order valence-electron chi connectivity index (χ1n) is 10.3. The first-order valence-corrected chi connectivity index (χ1v) is 10.3. The van der Waals surface area contributed by atoms with Gasteiger partial charge in [-0.15, -0.1) is 0 Å². The maximum absolute atomic E-state index is 13.3. The third kappa shape index (κ3) is 3.38. The van der Waals surface area contributed by atoms with Crippen LogP contribution in [-0.2, 0) is 24.7 Å². The molecule has 160 valence electrons. The highest BCUT2D eigenvalue weighted by Crippen LogP contribution is 2.40. The molecule has 9 nitrogen and oxygen atoms in total. The summed E-state index contributed by atoms with van der Waals surface area (Å²) < 4.78 is 10.7. The Morgan fingerprint density at radius 1 is 1.30 bits per heavy atom. The van der Waals surface area contributed by atoms with Crippen molar-refractivity contribution in [2.45, 2.75) is 31.7 Å². The number of fused-ring (bicyclic) bond motifs is 2. The molecule has 1 aromatic rings. The number of piperidine rings is 1. The average molecular weight is 415 g/mol. The van der Waals surface area contributed by atoms with Crippen LogP contribution in [0.25, 0.3) is 0 Å². The van der Waals surface area contributed by atoms with E-state index in [0.29, 0.717) is 43.7 Å². The molecule has 1 N–H and O–H groups in total. The van der Waals surface area contributed by atoms with Gasteiger partial charge in [0.05, 0.1) is 19.1 Å². The smallest absolute Gasteiger partial charge is 0.325 e. The minimum Gasteiger partial charge on any atom is -0.493 e. The van der Waals surface area contributed by atoms with Crippen LogP contribution in [-0.4, -0.2) is 66.5 Å². The summed E-state index contributed by atoms with van der Waals surface area (Å²) in [6.45, 7) is 2.69. The van der Waals surface area contributed by atoms with Crippen LogP contribution in [0.3, 0.4) is 0 Å². The minimum absolute atomic E-state index is 0.239. The molecule has 4 rings (SSSR count). The predicted molar refractivity (Wildman–Crippen MR) is 104 cm³/mol. The summed E-state index contributed by atoms with van der Waals surface area (Å²) >= 11 is 0. The zero-order valence-electron chi connectivity index (χ0n) is 16.9. The maximum atomic E-state index is 13.3. The number of imide groups is 1. The number of carbonyl (C=O) groups excluding carboxylic acids is 4. The zero-order valence-corrected chi connectivity index (χ0v) is 16.9. The number of likely N-dealkylation sites (tertiary alicyclic amines) is 1. The predicted octanol–water partition coefficient (Wildman–Crippen LogP) is 1.02. The summed E-state index contributed by atoms with van der Waals surface area (Å²) in [5.74, 6) is -0.943. The number of urea groups is 1. The Balaban J connectivity index is 1.48. The van der Waals surface area contributed by atoms with Crippen molar-refractivity contribution >= 4 is 23.8 Å². The van der Waals surface area contributed by atoms with Gasteiger partial charge in [0.2, 0.25) is 5.91 Å². The molecule has 0 radical (unpaired) electrons. The Morgan fingerprint density at radius 3 is 2.90 bits per heavy atom. The molecule has 2 saturated heterocycles. The van der Waals surface area contributed by atoms with Crippen molar-refractivity contribution in [1.29, 1.82) is 0 Å². The van der Waals surface area contributed by atoms with Crippen molar-refractivity contribution in [3.8, 4) is 5.75 Å². The molecular formula is C21H25N3O6. The second-order valence-corrected chi connectivity index (χ2v) is 7.75. The van der Waals surface area contributed by atoms with Crippen LogP contribution in [0.4, 0.5) is 4.79 Å². The highest BCUT2D eigenvalue weighted by atomic mass is 16.5. The first kappa shape index (κ1) is 20.2. The summed E-state index contributed by atoms with van der Waals surface area (Å²) in [6.07, 6.45) is 1.63.